The number of carbonyl (C=O) groups is 2. The van der Waals surface area contributed by atoms with Crippen LogP contribution in [0.15, 0.2) is 54.6 Å². The summed E-state index contributed by atoms with van der Waals surface area (Å²) in [5.74, 6) is 0.0529. The number of nitrogens with one attached hydrogen (secondary N) is 1. The predicted molar refractivity (Wildman–Crippen MR) is 116 cm³/mol. The minimum Gasteiger partial charge on any atom is -0.468 e. The van der Waals surface area contributed by atoms with E-state index in [9.17, 15) is 9.59 Å². The Morgan fingerprint density at radius 1 is 1.13 bits per heavy atom. The minimum absolute atomic E-state index is 0.105. The van der Waals surface area contributed by atoms with Gasteiger partial charge in [-0.1, -0.05) is 60.2 Å². The summed E-state index contributed by atoms with van der Waals surface area (Å²) in [4.78, 5) is 26.3. The molecule has 3 rings (SSSR count). The number of aromatic amines is 1. The average molecular weight is 425 g/mol. The molecule has 0 aliphatic rings. The first-order valence-electron chi connectivity index (χ1n) is 9.58. The number of methoxy groups -OCH3 is 1. The Bertz CT molecular complexity index is 1060. The first-order valence-corrected chi connectivity index (χ1v) is 9.99. The van der Waals surface area contributed by atoms with Crippen molar-refractivity contribution in [2.24, 2.45) is 0 Å². The normalized spacial score (nSPS) is 10.6. The zero-order chi connectivity index (χ0) is 21.5. The van der Waals surface area contributed by atoms with E-state index >= 15 is 0 Å². The predicted octanol–water partition coefficient (Wildman–Crippen LogP) is 3.51. The average Bonchev–Trinajstić information content (AvgIpc) is 3.13. The lowest BCUT2D eigenvalue weighted by Crippen LogP contribution is -2.36. The van der Waals surface area contributed by atoms with Crippen molar-refractivity contribution in [2.45, 2.75) is 26.4 Å². The second kappa shape index (κ2) is 9.98. The van der Waals surface area contributed by atoms with E-state index < -0.39 is 5.97 Å². The highest BCUT2D eigenvalue weighted by atomic mass is 32.1. The molecule has 1 amide bonds. The summed E-state index contributed by atoms with van der Waals surface area (Å²) < 4.78 is 7.00. The van der Waals surface area contributed by atoms with E-state index in [-0.39, 0.29) is 18.9 Å². The third-order valence-corrected chi connectivity index (χ3v) is 5.05. The van der Waals surface area contributed by atoms with Crippen LogP contribution in [0.25, 0.3) is 11.4 Å². The molecule has 0 unspecified atom stereocenters. The molecule has 0 atom stereocenters. The molecule has 3 aromatic rings. The first-order chi connectivity index (χ1) is 14.5. The van der Waals surface area contributed by atoms with E-state index in [1.54, 1.807) is 4.57 Å². The van der Waals surface area contributed by atoms with Crippen molar-refractivity contribution < 1.29 is 14.3 Å². The second-order valence-corrected chi connectivity index (χ2v) is 7.32. The molecular formula is C22H24N4O3S. The number of amides is 1. The van der Waals surface area contributed by atoms with E-state index in [0.717, 1.165) is 16.7 Å². The highest BCUT2D eigenvalue weighted by Gasteiger charge is 2.19. The van der Waals surface area contributed by atoms with E-state index in [2.05, 4.69) is 10.2 Å². The van der Waals surface area contributed by atoms with Gasteiger partial charge in [0.2, 0.25) is 5.91 Å². The number of hydrogen-bond acceptors (Lipinski definition) is 5. The monoisotopic (exact) mass is 424 g/mol. The van der Waals surface area contributed by atoms with Gasteiger partial charge in [0.25, 0.3) is 0 Å². The molecule has 30 heavy (non-hydrogen) atoms. The summed E-state index contributed by atoms with van der Waals surface area (Å²) in [7, 11) is 1.31. The standard InChI is InChI=1S/C22H24N4O3S/c1-16-8-10-18(11-9-16)21-23-24-22(30)26(21)13-12-19(27)25(15-20(28)29-2)14-17-6-4-3-5-7-17/h3-11H,12-15H2,1-2H3,(H,24,30). The van der Waals surface area contributed by atoms with Gasteiger partial charge < -0.3 is 9.64 Å². The number of H-pyrrole nitrogens is 1. The molecule has 7 nitrogen and oxygen atoms in total. The van der Waals surface area contributed by atoms with Gasteiger partial charge in [0.05, 0.1) is 7.11 Å². The molecule has 1 heterocycles. The van der Waals surface area contributed by atoms with Crippen LogP contribution >= 0.6 is 12.2 Å². The molecule has 0 aliphatic carbocycles. The molecular weight excluding hydrogens is 400 g/mol. The lowest BCUT2D eigenvalue weighted by molar-refractivity contribution is -0.147. The Morgan fingerprint density at radius 3 is 2.50 bits per heavy atom. The Labute approximate surface area is 180 Å². The van der Waals surface area contributed by atoms with Crippen molar-refractivity contribution in [3.8, 4) is 11.4 Å². The van der Waals surface area contributed by atoms with Crippen molar-refractivity contribution in [3.05, 3.63) is 70.5 Å². The molecule has 0 radical (unpaired) electrons. The van der Waals surface area contributed by atoms with Crippen molar-refractivity contribution in [1.82, 2.24) is 19.7 Å². The highest BCUT2D eigenvalue weighted by Crippen LogP contribution is 2.18. The Morgan fingerprint density at radius 2 is 1.83 bits per heavy atom. The van der Waals surface area contributed by atoms with E-state index in [0.29, 0.717) is 23.7 Å². The van der Waals surface area contributed by atoms with Gasteiger partial charge in [-0.05, 0) is 24.7 Å². The number of benzene rings is 2. The molecule has 156 valence electrons. The van der Waals surface area contributed by atoms with Crippen LogP contribution in [0.5, 0.6) is 0 Å². The van der Waals surface area contributed by atoms with Gasteiger partial charge in [0, 0.05) is 25.1 Å². The van der Waals surface area contributed by atoms with Crippen molar-refractivity contribution in [1.29, 1.82) is 0 Å². The first kappa shape index (κ1) is 21.4. The third kappa shape index (κ3) is 5.42. The fourth-order valence-electron chi connectivity index (χ4n) is 3.07. The fourth-order valence-corrected chi connectivity index (χ4v) is 3.29. The number of rotatable bonds is 8. The van der Waals surface area contributed by atoms with Crippen LogP contribution in [0.1, 0.15) is 17.5 Å². The van der Waals surface area contributed by atoms with E-state index in [4.69, 9.17) is 17.0 Å². The maximum Gasteiger partial charge on any atom is 0.325 e. The van der Waals surface area contributed by atoms with Crippen molar-refractivity contribution in [3.63, 3.8) is 0 Å². The van der Waals surface area contributed by atoms with Gasteiger partial charge in [0.15, 0.2) is 10.6 Å². The number of hydrogen-bond donors (Lipinski definition) is 1. The second-order valence-electron chi connectivity index (χ2n) is 6.93. The van der Waals surface area contributed by atoms with E-state index in [1.165, 1.54) is 12.0 Å². The van der Waals surface area contributed by atoms with Crippen LogP contribution in [0.3, 0.4) is 0 Å². The number of aromatic nitrogens is 3. The molecule has 0 aliphatic heterocycles. The molecule has 0 saturated carbocycles. The number of aryl methyl sites for hydroxylation is 1. The molecule has 1 N–H and O–H groups in total. The summed E-state index contributed by atoms with van der Waals surface area (Å²) in [6, 6.07) is 17.5. The number of ether oxygens (including phenoxy) is 1. The Kier molecular flexibility index (Phi) is 7.13. The van der Waals surface area contributed by atoms with Gasteiger partial charge >= 0.3 is 5.97 Å². The van der Waals surface area contributed by atoms with E-state index in [1.807, 2.05) is 61.5 Å². The smallest absolute Gasteiger partial charge is 0.325 e. The highest BCUT2D eigenvalue weighted by molar-refractivity contribution is 7.71. The molecule has 2 aromatic carbocycles. The summed E-state index contributed by atoms with van der Waals surface area (Å²) in [5.41, 5.74) is 3.00. The zero-order valence-electron chi connectivity index (χ0n) is 17.0. The van der Waals surface area contributed by atoms with Gasteiger partial charge in [0.1, 0.15) is 6.54 Å². The fraction of sp³-hybridized carbons (Fsp3) is 0.273. The number of nitrogens with zero attached hydrogens (tertiary/aromatic N) is 3. The summed E-state index contributed by atoms with van der Waals surface area (Å²) in [6.45, 7) is 2.59. The van der Waals surface area contributed by atoms with Gasteiger partial charge in [-0.3, -0.25) is 19.3 Å². The van der Waals surface area contributed by atoms with Gasteiger partial charge in [-0.15, -0.1) is 0 Å². The van der Waals surface area contributed by atoms with Crippen LogP contribution in [0.4, 0.5) is 0 Å². The lowest BCUT2D eigenvalue weighted by atomic mass is 10.1. The lowest BCUT2D eigenvalue weighted by Gasteiger charge is -2.22. The summed E-state index contributed by atoms with van der Waals surface area (Å²) in [5, 5.41) is 7.12. The van der Waals surface area contributed by atoms with Crippen molar-refractivity contribution in [2.75, 3.05) is 13.7 Å². The molecule has 8 heteroatoms. The SMILES string of the molecule is COC(=O)CN(Cc1ccccc1)C(=O)CCn1c(-c2ccc(C)cc2)n[nH]c1=S. The quantitative estimate of drug-likeness (QED) is 0.442. The molecule has 0 fully saturated rings. The van der Waals surface area contributed by atoms with Crippen molar-refractivity contribution >= 4 is 24.1 Å². The molecule has 0 spiro atoms. The van der Waals surface area contributed by atoms with Crippen LogP contribution in [0, 0.1) is 11.7 Å². The van der Waals surface area contributed by atoms with Gasteiger partial charge in [-0.25, -0.2) is 0 Å². The summed E-state index contributed by atoms with van der Waals surface area (Å²) >= 11 is 5.36. The largest absolute Gasteiger partial charge is 0.468 e. The Hall–Kier alpha value is -3.26. The maximum absolute atomic E-state index is 12.9. The summed E-state index contributed by atoms with van der Waals surface area (Å²) in [6.07, 6.45) is 0.177. The minimum atomic E-state index is -0.459. The molecule has 0 bridgehead atoms. The van der Waals surface area contributed by atoms with Gasteiger partial charge in [-0.2, -0.15) is 5.10 Å². The molecule has 0 saturated heterocycles. The van der Waals surface area contributed by atoms with Crippen LogP contribution in [-0.4, -0.2) is 45.2 Å². The maximum atomic E-state index is 12.9. The number of carbonyl (C=O) groups excluding carboxylic acids is 2. The van der Waals surface area contributed by atoms with Crippen LogP contribution in [0.2, 0.25) is 0 Å². The third-order valence-electron chi connectivity index (χ3n) is 4.73. The molecule has 1 aromatic heterocycles. The Balaban J connectivity index is 1.75. The number of esters is 1. The zero-order valence-corrected chi connectivity index (χ0v) is 17.8. The van der Waals surface area contributed by atoms with Crippen LogP contribution < -0.4 is 0 Å². The topological polar surface area (TPSA) is 80.2 Å². The van der Waals surface area contributed by atoms with Crippen LogP contribution in [-0.2, 0) is 27.4 Å².